The van der Waals surface area contributed by atoms with Crippen LogP contribution in [0.1, 0.15) is 31.4 Å². The molecule has 1 aliphatic heterocycles. The Morgan fingerprint density at radius 1 is 1.28 bits per heavy atom. The molecule has 1 atom stereocenters. The average molecular weight is 489 g/mol. The predicted octanol–water partition coefficient (Wildman–Crippen LogP) is 6.79. The molecule has 9 heteroatoms. The standard InChI is InChI=1S/C20H18BrClF3N3O/c1-3-19(2)11-28(18(29)26-14-7-5-13(21)6-8-14)27-17(19)12-4-9-15(16(22)10-12)20(23,24)25/h4-10H,3,11H2,1-2H3,(H,26,29). The van der Waals surface area contributed by atoms with Gasteiger partial charge >= 0.3 is 12.2 Å². The lowest BCUT2D eigenvalue weighted by atomic mass is 9.80. The molecule has 0 aromatic heterocycles. The number of hydrazone groups is 1. The molecule has 29 heavy (non-hydrogen) atoms. The van der Waals surface area contributed by atoms with Crippen LogP contribution in [0.5, 0.6) is 0 Å². The van der Waals surface area contributed by atoms with Gasteiger partial charge in [0.25, 0.3) is 0 Å². The highest BCUT2D eigenvalue weighted by molar-refractivity contribution is 9.10. The normalized spacial score (nSPS) is 19.3. The summed E-state index contributed by atoms with van der Waals surface area (Å²) in [5.74, 6) is 0. The quantitative estimate of drug-likeness (QED) is 0.508. The summed E-state index contributed by atoms with van der Waals surface area (Å²) >= 11 is 9.21. The van der Waals surface area contributed by atoms with E-state index in [1.807, 2.05) is 13.8 Å². The number of rotatable bonds is 3. The molecule has 0 aliphatic carbocycles. The topological polar surface area (TPSA) is 44.7 Å². The molecule has 2 amide bonds. The van der Waals surface area contributed by atoms with Crippen LogP contribution in [0.3, 0.4) is 0 Å². The van der Waals surface area contributed by atoms with Gasteiger partial charge in [-0.3, -0.25) is 0 Å². The van der Waals surface area contributed by atoms with Gasteiger partial charge in [0, 0.05) is 15.6 Å². The molecule has 0 bridgehead atoms. The van der Waals surface area contributed by atoms with E-state index in [-0.39, 0.29) is 0 Å². The van der Waals surface area contributed by atoms with Gasteiger partial charge in [0.2, 0.25) is 0 Å². The van der Waals surface area contributed by atoms with Crippen molar-refractivity contribution < 1.29 is 18.0 Å². The highest BCUT2D eigenvalue weighted by Crippen LogP contribution is 2.38. The largest absolute Gasteiger partial charge is 0.417 e. The molecule has 0 spiro atoms. The minimum atomic E-state index is -4.53. The van der Waals surface area contributed by atoms with E-state index in [1.54, 1.807) is 24.3 Å². The average Bonchev–Trinajstić information content (AvgIpc) is 3.01. The van der Waals surface area contributed by atoms with Crippen LogP contribution in [-0.2, 0) is 6.18 Å². The SMILES string of the molecule is CCC1(C)CN(C(=O)Nc2ccc(Br)cc2)N=C1c1ccc(C(F)(F)F)c(Cl)c1. The first-order valence-corrected chi connectivity index (χ1v) is 10.0. The zero-order valence-corrected chi connectivity index (χ0v) is 18.0. The first kappa shape index (κ1) is 21.6. The summed E-state index contributed by atoms with van der Waals surface area (Å²) in [4.78, 5) is 12.7. The maximum absolute atomic E-state index is 13.0. The molecular formula is C20H18BrClF3N3O. The molecule has 1 unspecified atom stereocenters. The summed E-state index contributed by atoms with van der Waals surface area (Å²) in [5, 5.41) is 8.09. The molecule has 2 aromatic carbocycles. The van der Waals surface area contributed by atoms with Crippen LogP contribution >= 0.6 is 27.5 Å². The van der Waals surface area contributed by atoms with E-state index in [2.05, 4.69) is 26.3 Å². The van der Waals surface area contributed by atoms with E-state index < -0.39 is 28.2 Å². The Morgan fingerprint density at radius 3 is 2.48 bits per heavy atom. The summed E-state index contributed by atoms with van der Waals surface area (Å²) in [7, 11) is 0. The Balaban J connectivity index is 1.89. The van der Waals surface area contributed by atoms with Crippen LogP contribution in [0, 0.1) is 5.41 Å². The number of urea groups is 1. The van der Waals surface area contributed by atoms with Crippen LogP contribution < -0.4 is 5.32 Å². The Bertz CT molecular complexity index is 962. The fourth-order valence-electron chi connectivity index (χ4n) is 3.10. The highest BCUT2D eigenvalue weighted by Gasteiger charge is 2.41. The number of carbonyl (C=O) groups is 1. The smallest absolute Gasteiger partial charge is 0.306 e. The second-order valence-electron chi connectivity index (χ2n) is 7.05. The summed E-state index contributed by atoms with van der Waals surface area (Å²) in [6.45, 7) is 4.17. The molecule has 4 nitrogen and oxygen atoms in total. The van der Waals surface area contributed by atoms with Gasteiger partial charge in [0.15, 0.2) is 0 Å². The lowest BCUT2D eigenvalue weighted by molar-refractivity contribution is -0.137. The minimum absolute atomic E-state index is 0.305. The Hall–Kier alpha value is -2.06. The van der Waals surface area contributed by atoms with Gasteiger partial charge < -0.3 is 5.32 Å². The van der Waals surface area contributed by atoms with Crippen molar-refractivity contribution in [3.05, 3.63) is 63.1 Å². The molecule has 154 valence electrons. The second kappa shape index (κ2) is 7.99. The predicted molar refractivity (Wildman–Crippen MR) is 111 cm³/mol. The van der Waals surface area contributed by atoms with E-state index in [0.29, 0.717) is 29.9 Å². The van der Waals surface area contributed by atoms with Crippen LogP contribution in [0.2, 0.25) is 5.02 Å². The van der Waals surface area contributed by atoms with Gasteiger partial charge in [-0.25, -0.2) is 9.80 Å². The molecule has 0 radical (unpaired) electrons. The van der Waals surface area contributed by atoms with Gasteiger partial charge in [0.1, 0.15) is 0 Å². The molecule has 0 saturated heterocycles. The molecule has 2 aromatic rings. The first-order valence-electron chi connectivity index (χ1n) is 8.84. The number of hydrogen-bond acceptors (Lipinski definition) is 2. The summed E-state index contributed by atoms with van der Waals surface area (Å²) in [6, 6.07) is 10.2. The number of anilines is 1. The fraction of sp³-hybridized carbons (Fsp3) is 0.300. The molecule has 3 rings (SSSR count). The number of hydrogen-bond donors (Lipinski definition) is 1. The Morgan fingerprint density at radius 2 is 1.93 bits per heavy atom. The first-order chi connectivity index (χ1) is 13.5. The molecule has 1 heterocycles. The van der Waals surface area contributed by atoms with Crippen molar-refractivity contribution in [2.45, 2.75) is 26.4 Å². The van der Waals surface area contributed by atoms with Crippen molar-refractivity contribution in [2.75, 3.05) is 11.9 Å². The van der Waals surface area contributed by atoms with Crippen molar-refractivity contribution in [1.29, 1.82) is 0 Å². The molecule has 0 saturated carbocycles. The maximum Gasteiger partial charge on any atom is 0.417 e. The van der Waals surface area contributed by atoms with Gasteiger partial charge in [-0.1, -0.05) is 47.4 Å². The lowest BCUT2D eigenvalue weighted by Gasteiger charge is -2.25. The van der Waals surface area contributed by atoms with Gasteiger partial charge in [-0.2, -0.15) is 18.3 Å². The zero-order chi connectivity index (χ0) is 21.4. The minimum Gasteiger partial charge on any atom is -0.306 e. The summed E-state index contributed by atoms with van der Waals surface area (Å²) < 4.78 is 39.9. The number of benzene rings is 2. The van der Waals surface area contributed by atoms with Gasteiger partial charge in [0.05, 0.1) is 22.8 Å². The number of halogens is 5. The Labute approximate surface area is 179 Å². The van der Waals surface area contributed by atoms with E-state index in [4.69, 9.17) is 11.6 Å². The second-order valence-corrected chi connectivity index (χ2v) is 8.37. The Kier molecular flexibility index (Phi) is 5.96. The van der Waals surface area contributed by atoms with E-state index in [9.17, 15) is 18.0 Å². The number of amides is 2. The van der Waals surface area contributed by atoms with Crippen molar-refractivity contribution in [3.8, 4) is 0 Å². The van der Waals surface area contributed by atoms with Gasteiger partial charge in [-0.15, -0.1) is 0 Å². The third-order valence-electron chi connectivity index (χ3n) is 4.95. The molecule has 1 aliphatic rings. The number of alkyl halides is 3. The van der Waals surface area contributed by atoms with E-state index in [0.717, 1.165) is 10.5 Å². The van der Waals surface area contributed by atoms with Gasteiger partial charge in [-0.05, 0) is 48.4 Å². The van der Waals surface area contributed by atoms with Crippen LogP contribution in [0.4, 0.5) is 23.7 Å². The fourth-order valence-corrected chi connectivity index (χ4v) is 3.65. The molecular weight excluding hydrogens is 471 g/mol. The van der Waals surface area contributed by atoms with Crippen molar-refractivity contribution >= 4 is 45.0 Å². The van der Waals surface area contributed by atoms with Crippen molar-refractivity contribution in [3.63, 3.8) is 0 Å². The van der Waals surface area contributed by atoms with Crippen LogP contribution in [0.25, 0.3) is 0 Å². The highest BCUT2D eigenvalue weighted by atomic mass is 79.9. The molecule has 1 N–H and O–H groups in total. The van der Waals surface area contributed by atoms with Crippen molar-refractivity contribution in [2.24, 2.45) is 10.5 Å². The maximum atomic E-state index is 13.0. The third kappa shape index (κ3) is 4.59. The number of nitrogens with one attached hydrogen (secondary N) is 1. The lowest BCUT2D eigenvalue weighted by Crippen LogP contribution is -2.35. The zero-order valence-electron chi connectivity index (χ0n) is 15.6. The van der Waals surface area contributed by atoms with Crippen molar-refractivity contribution in [1.82, 2.24) is 5.01 Å². The number of carbonyl (C=O) groups excluding carboxylic acids is 1. The number of nitrogens with zero attached hydrogens (tertiary/aromatic N) is 2. The summed E-state index contributed by atoms with van der Waals surface area (Å²) in [6.07, 6.45) is -3.88. The van der Waals surface area contributed by atoms with E-state index >= 15 is 0 Å². The molecule has 0 fully saturated rings. The van der Waals surface area contributed by atoms with E-state index in [1.165, 1.54) is 17.1 Å². The van der Waals surface area contributed by atoms with Crippen LogP contribution in [0.15, 0.2) is 52.0 Å². The van der Waals surface area contributed by atoms with Crippen LogP contribution in [-0.4, -0.2) is 23.3 Å². The summed E-state index contributed by atoms with van der Waals surface area (Å²) in [5.41, 5.74) is 0.190. The monoisotopic (exact) mass is 487 g/mol. The third-order valence-corrected chi connectivity index (χ3v) is 5.79.